The van der Waals surface area contributed by atoms with Crippen molar-refractivity contribution < 1.29 is 24.1 Å². The van der Waals surface area contributed by atoms with Gasteiger partial charge >= 0.3 is 0 Å². The van der Waals surface area contributed by atoms with Gasteiger partial charge in [-0.2, -0.15) is 0 Å². The van der Waals surface area contributed by atoms with E-state index in [0.717, 1.165) is 57.5 Å². The molecule has 1 amide bonds. The molecular formula is C31H54N2O5. The number of hydrogen-bond acceptors (Lipinski definition) is 6. The number of ether oxygens (including phenoxy) is 3. The molecule has 1 fully saturated rings. The lowest BCUT2D eigenvalue weighted by Gasteiger charge is -2.30. The zero-order chi connectivity index (χ0) is 28.1. The first-order valence-electron chi connectivity index (χ1n) is 14.6. The Balaban J connectivity index is 1.97. The average molecular weight is 535 g/mol. The largest absolute Gasteiger partial charge is 0.496 e. The van der Waals surface area contributed by atoms with E-state index in [-0.39, 0.29) is 29.9 Å². The number of aliphatic hydroxyl groups is 1. The Hall–Kier alpha value is -1.67. The van der Waals surface area contributed by atoms with Gasteiger partial charge in [-0.25, -0.2) is 0 Å². The van der Waals surface area contributed by atoms with Gasteiger partial charge in [0.05, 0.1) is 19.3 Å². The van der Waals surface area contributed by atoms with Gasteiger partial charge in [-0.05, 0) is 86.3 Å². The third-order valence-corrected chi connectivity index (χ3v) is 8.06. The van der Waals surface area contributed by atoms with Crippen LogP contribution in [0.2, 0.25) is 0 Å². The van der Waals surface area contributed by atoms with Gasteiger partial charge < -0.3 is 30.4 Å². The first-order valence-corrected chi connectivity index (χ1v) is 14.6. The maximum absolute atomic E-state index is 12.9. The topological polar surface area (TPSA) is 103 Å². The highest BCUT2D eigenvalue weighted by atomic mass is 16.5. The predicted octanol–water partition coefficient (Wildman–Crippen LogP) is 4.51. The molecule has 0 spiro atoms. The van der Waals surface area contributed by atoms with Gasteiger partial charge in [-0.1, -0.05) is 39.8 Å². The van der Waals surface area contributed by atoms with Crippen molar-refractivity contribution in [1.29, 1.82) is 0 Å². The Morgan fingerprint density at radius 1 is 1.16 bits per heavy atom. The average Bonchev–Trinajstić information content (AvgIpc) is 3.41. The Morgan fingerprint density at radius 2 is 1.92 bits per heavy atom. The Bertz CT molecular complexity index is 809. The van der Waals surface area contributed by atoms with Crippen molar-refractivity contribution >= 4 is 5.91 Å². The summed E-state index contributed by atoms with van der Waals surface area (Å²) in [7, 11) is 3.46. The maximum Gasteiger partial charge on any atom is 0.223 e. The third-order valence-electron chi connectivity index (χ3n) is 8.06. The molecule has 1 saturated heterocycles. The van der Waals surface area contributed by atoms with E-state index in [1.54, 1.807) is 14.2 Å². The molecule has 1 aromatic carbocycles. The lowest BCUT2D eigenvalue weighted by molar-refractivity contribution is -0.128. The van der Waals surface area contributed by atoms with E-state index in [9.17, 15) is 9.90 Å². The summed E-state index contributed by atoms with van der Waals surface area (Å²) in [6.07, 6.45) is 6.40. The summed E-state index contributed by atoms with van der Waals surface area (Å²) in [5.74, 6) is 1.48. The molecule has 4 N–H and O–H groups in total. The number of unbranched alkanes of at least 4 members (excludes halogenated alkanes) is 1. The molecule has 218 valence electrons. The van der Waals surface area contributed by atoms with E-state index >= 15 is 0 Å². The molecule has 5 atom stereocenters. The zero-order valence-corrected chi connectivity index (χ0v) is 24.7. The van der Waals surface area contributed by atoms with E-state index in [1.807, 2.05) is 13.8 Å². The molecule has 1 aromatic rings. The molecular weight excluding hydrogens is 480 g/mol. The molecule has 7 heteroatoms. The van der Waals surface area contributed by atoms with Crippen molar-refractivity contribution in [2.75, 3.05) is 34.0 Å². The van der Waals surface area contributed by atoms with Crippen molar-refractivity contribution in [2.24, 2.45) is 29.4 Å². The third kappa shape index (κ3) is 10.8. The highest BCUT2D eigenvalue weighted by Gasteiger charge is 2.30. The van der Waals surface area contributed by atoms with E-state index in [4.69, 9.17) is 19.9 Å². The SMILES string of the molecule is COCCCCc1cc(CC(C[C@H](N)C(O)CC(C(=O)NC[C@@H]2CCCO2)C(C)C)C(C)C)ccc1OC. The normalized spacial score (nSPS) is 18.9. The molecule has 1 aliphatic rings. The smallest absolute Gasteiger partial charge is 0.223 e. The lowest BCUT2D eigenvalue weighted by atomic mass is 9.80. The van der Waals surface area contributed by atoms with Gasteiger partial charge in [0.1, 0.15) is 5.75 Å². The van der Waals surface area contributed by atoms with Gasteiger partial charge in [-0.3, -0.25) is 4.79 Å². The fourth-order valence-corrected chi connectivity index (χ4v) is 5.38. The molecule has 0 saturated carbocycles. The van der Waals surface area contributed by atoms with E-state index in [2.05, 4.69) is 37.4 Å². The first kappa shape index (κ1) is 32.5. The van der Waals surface area contributed by atoms with E-state index < -0.39 is 6.10 Å². The highest BCUT2D eigenvalue weighted by Crippen LogP contribution is 2.28. The summed E-state index contributed by atoms with van der Waals surface area (Å²) in [6.45, 7) is 10.6. The van der Waals surface area contributed by atoms with Crippen molar-refractivity contribution in [3.63, 3.8) is 0 Å². The van der Waals surface area contributed by atoms with Crippen LogP contribution in [0, 0.1) is 23.7 Å². The number of benzene rings is 1. The van der Waals surface area contributed by atoms with Crippen LogP contribution >= 0.6 is 0 Å². The molecule has 2 rings (SSSR count). The number of carbonyl (C=O) groups excluding carboxylic acids is 1. The summed E-state index contributed by atoms with van der Waals surface area (Å²) in [5.41, 5.74) is 9.06. The minimum Gasteiger partial charge on any atom is -0.496 e. The second-order valence-electron chi connectivity index (χ2n) is 11.7. The Labute approximate surface area is 231 Å². The van der Waals surface area contributed by atoms with Crippen LogP contribution in [0.1, 0.15) is 77.3 Å². The predicted molar refractivity (Wildman–Crippen MR) is 153 cm³/mol. The van der Waals surface area contributed by atoms with Gasteiger partial charge in [0.2, 0.25) is 5.91 Å². The molecule has 0 radical (unpaired) electrons. The number of rotatable bonds is 18. The summed E-state index contributed by atoms with van der Waals surface area (Å²) >= 11 is 0. The van der Waals surface area contributed by atoms with Gasteiger partial charge in [0.15, 0.2) is 0 Å². The van der Waals surface area contributed by atoms with Crippen molar-refractivity contribution in [1.82, 2.24) is 5.32 Å². The Morgan fingerprint density at radius 3 is 2.53 bits per heavy atom. The van der Waals surface area contributed by atoms with Crippen LogP contribution < -0.4 is 15.8 Å². The number of aliphatic hydroxyl groups excluding tert-OH is 1. The quantitative estimate of drug-likeness (QED) is 0.239. The van der Waals surface area contributed by atoms with Gasteiger partial charge in [0, 0.05) is 38.8 Å². The zero-order valence-electron chi connectivity index (χ0n) is 24.7. The first-order chi connectivity index (χ1) is 18.2. The maximum atomic E-state index is 12.9. The van der Waals surface area contributed by atoms with Gasteiger partial charge in [0.25, 0.3) is 0 Å². The van der Waals surface area contributed by atoms with Crippen LogP contribution in [-0.4, -0.2) is 63.2 Å². The van der Waals surface area contributed by atoms with Crippen LogP contribution in [0.5, 0.6) is 5.75 Å². The highest BCUT2D eigenvalue weighted by molar-refractivity contribution is 5.78. The number of aryl methyl sites for hydroxylation is 1. The molecule has 0 aliphatic carbocycles. The van der Waals surface area contributed by atoms with Crippen LogP contribution in [0.25, 0.3) is 0 Å². The lowest BCUT2D eigenvalue weighted by Crippen LogP contribution is -2.43. The van der Waals surface area contributed by atoms with Crippen molar-refractivity contribution in [2.45, 2.75) is 97.3 Å². The molecule has 0 bridgehead atoms. The fourth-order valence-electron chi connectivity index (χ4n) is 5.38. The fraction of sp³-hybridized carbons (Fsp3) is 0.774. The van der Waals surface area contributed by atoms with Crippen LogP contribution in [0.3, 0.4) is 0 Å². The van der Waals surface area contributed by atoms with E-state index in [0.29, 0.717) is 31.2 Å². The molecule has 0 aromatic heterocycles. The number of nitrogens with two attached hydrogens (primary N) is 1. The number of nitrogens with one attached hydrogen (secondary N) is 1. The number of carbonyl (C=O) groups is 1. The second kappa shape index (κ2) is 17.1. The minimum absolute atomic E-state index is 0.0154. The molecule has 7 nitrogen and oxygen atoms in total. The Kier molecular flexibility index (Phi) is 14.7. The molecule has 3 unspecified atom stereocenters. The van der Waals surface area contributed by atoms with Gasteiger partial charge in [-0.15, -0.1) is 0 Å². The van der Waals surface area contributed by atoms with Crippen LogP contribution in [0.4, 0.5) is 0 Å². The van der Waals surface area contributed by atoms with Crippen LogP contribution in [0.15, 0.2) is 18.2 Å². The molecule has 38 heavy (non-hydrogen) atoms. The van der Waals surface area contributed by atoms with E-state index in [1.165, 1.54) is 11.1 Å². The van der Waals surface area contributed by atoms with Crippen molar-refractivity contribution in [3.05, 3.63) is 29.3 Å². The standard InChI is InChI=1S/C31H54N2O5/c1-21(2)25(17-23-12-13-30(37-6)24(16-23)10-7-8-14-36-5)18-28(32)29(34)19-27(22(3)4)31(35)33-20-26-11-9-15-38-26/h12-13,16,21-22,25-29,34H,7-11,14-15,17-20,32H2,1-6H3,(H,33,35)/t25?,26-,27?,28-,29?/m0/s1. The minimum atomic E-state index is -0.732. The summed E-state index contributed by atoms with van der Waals surface area (Å²) in [4.78, 5) is 12.9. The molecule has 1 heterocycles. The summed E-state index contributed by atoms with van der Waals surface area (Å²) in [6, 6.07) is 6.08. The monoisotopic (exact) mass is 534 g/mol. The number of hydrogen-bond donors (Lipinski definition) is 3. The summed E-state index contributed by atoms with van der Waals surface area (Å²) in [5, 5.41) is 14.1. The molecule has 1 aliphatic heterocycles. The summed E-state index contributed by atoms with van der Waals surface area (Å²) < 4.78 is 16.4. The number of amides is 1. The second-order valence-corrected chi connectivity index (χ2v) is 11.7. The van der Waals surface area contributed by atoms with Crippen molar-refractivity contribution in [3.8, 4) is 5.75 Å². The van der Waals surface area contributed by atoms with Crippen LogP contribution in [-0.2, 0) is 27.1 Å². The number of methoxy groups -OCH3 is 2.